The fourth-order valence-electron chi connectivity index (χ4n) is 2.50. The standard InChI is InChI=1S/C22H22ClN3O4S/c1-14-21(31-19(24-14)12-29-17-8-4-15(23)5-9-17)22(28)25-16-6-10-18(11-7-16)30-13-20(27)26(2)3/h4-11H,12-13H2,1-3H3,(H,25,28). The minimum Gasteiger partial charge on any atom is -0.486 e. The minimum atomic E-state index is -0.246. The summed E-state index contributed by atoms with van der Waals surface area (Å²) in [7, 11) is 3.34. The summed E-state index contributed by atoms with van der Waals surface area (Å²) in [6.45, 7) is 2.01. The van der Waals surface area contributed by atoms with Gasteiger partial charge < -0.3 is 19.7 Å². The van der Waals surface area contributed by atoms with Gasteiger partial charge in [0.2, 0.25) is 0 Å². The molecule has 3 rings (SSSR count). The minimum absolute atomic E-state index is 0.0420. The summed E-state index contributed by atoms with van der Waals surface area (Å²) in [5, 5.41) is 4.19. The lowest BCUT2D eigenvalue weighted by Crippen LogP contribution is -2.27. The maximum Gasteiger partial charge on any atom is 0.267 e. The monoisotopic (exact) mass is 459 g/mol. The van der Waals surface area contributed by atoms with E-state index in [9.17, 15) is 9.59 Å². The topological polar surface area (TPSA) is 80.8 Å². The molecule has 162 valence electrons. The molecule has 0 saturated carbocycles. The second-order valence-electron chi connectivity index (χ2n) is 6.82. The predicted molar refractivity (Wildman–Crippen MR) is 121 cm³/mol. The summed E-state index contributed by atoms with van der Waals surface area (Å²) in [6, 6.07) is 13.9. The van der Waals surface area contributed by atoms with Crippen LogP contribution in [0.25, 0.3) is 0 Å². The number of aryl methyl sites for hydroxylation is 1. The zero-order valence-electron chi connectivity index (χ0n) is 17.3. The fourth-order valence-corrected chi connectivity index (χ4v) is 3.50. The van der Waals surface area contributed by atoms with Crippen molar-refractivity contribution in [3.05, 3.63) is 69.1 Å². The Labute approximate surface area is 189 Å². The van der Waals surface area contributed by atoms with Gasteiger partial charge >= 0.3 is 0 Å². The molecule has 1 N–H and O–H groups in total. The van der Waals surface area contributed by atoms with Crippen LogP contribution in [0.5, 0.6) is 11.5 Å². The first-order valence-electron chi connectivity index (χ1n) is 9.41. The Morgan fingerprint density at radius 3 is 2.29 bits per heavy atom. The molecule has 0 spiro atoms. The Morgan fingerprint density at radius 1 is 1.03 bits per heavy atom. The van der Waals surface area contributed by atoms with Crippen molar-refractivity contribution in [2.24, 2.45) is 0 Å². The van der Waals surface area contributed by atoms with Gasteiger partial charge in [0.1, 0.15) is 28.0 Å². The normalized spacial score (nSPS) is 10.5. The molecule has 0 radical (unpaired) electrons. The van der Waals surface area contributed by atoms with E-state index in [2.05, 4.69) is 10.3 Å². The summed E-state index contributed by atoms with van der Waals surface area (Å²) in [5.74, 6) is 0.847. The molecular weight excluding hydrogens is 438 g/mol. The SMILES string of the molecule is Cc1nc(COc2ccc(Cl)cc2)sc1C(=O)Nc1ccc(OCC(=O)N(C)C)cc1. The summed E-state index contributed by atoms with van der Waals surface area (Å²) in [5.41, 5.74) is 1.25. The molecule has 7 nitrogen and oxygen atoms in total. The molecule has 1 heterocycles. The number of halogens is 1. The van der Waals surface area contributed by atoms with Crippen molar-refractivity contribution in [1.82, 2.24) is 9.88 Å². The predicted octanol–water partition coefficient (Wildman–Crippen LogP) is 4.40. The largest absolute Gasteiger partial charge is 0.486 e. The molecule has 0 bridgehead atoms. The lowest BCUT2D eigenvalue weighted by atomic mass is 10.3. The van der Waals surface area contributed by atoms with Crippen LogP contribution in [-0.2, 0) is 11.4 Å². The molecule has 31 heavy (non-hydrogen) atoms. The van der Waals surface area contributed by atoms with Crippen LogP contribution in [-0.4, -0.2) is 42.4 Å². The van der Waals surface area contributed by atoms with Crippen molar-refractivity contribution in [3.8, 4) is 11.5 Å². The van der Waals surface area contributed by atoms with Gasteiger partial charge in [0.25, 0.3) is 11.8 Å². The van der Waals surface area contributed by atoms with Crippen molar-refractivity contribution >= 4 is 40.4 Å². The summed E-state index contributed by atoms with van der Waals surface area (Å²) >= 11 is 7.16. The molecule has 0 aliphatic carbocycles. The van der Waals surface area contributed by atoms with E-state index in [0.29, 0.717) is 37.8 Å². The van der Waals surface area contributed by atoms with Crippen LogP contribution in [0.2, 0.25) is 5.02 Å². The zero-order chi connectivity index (χ0) is 22.4. The highest BCUT2D eigenvalue weighted by atomic mass is 35.5. The van der Waals surface area contributed by atoms with Crippen LogP contribution in [0.15, 0.2) is 48.5 Å². The smallest absolute Gasteiger partial charge is 0.267 e. The number of benzene rings is 2. The molecule has 2 amide bonds. The highest BCUT2D eigenvalue weighted by Crippen LogP contribution is 2.23. The Hall–Kier alpha value is -3.10. The number of amides is 2. The van der Waals surface area contributed by atoms with Crippen molar-refractivity contribution in [2.45, 2.75) is 13.5 Å². The molecule has 1 aromatic heterocycles. The third-order valence-electron chi connectivity index (χ3n) is 4.20. The summed E-state index contributed by atoms with van der Waals surface area (Å²) < 4.78 is 11.1. The van der Waals surface area contributed by atoms with E-state index >= 15 is 0 Å². The highest BCUT2D eigenvalue weighted by Gasteiger charge is 2.16. The number of nitrogens with zero attached hydrogens (tertiary/aromatic N) is 2. The van der Waals surface area contributed by atoms with Crippen molar-refractivity contribution in [2.75, 3.05) is 26.0 Å². The number of hydrogen-bond acceptors (Lipinski definition) is 6. The molecular formula is C22H22ClN3O4S. The van der Waals surface area contributed by atoms with E-state index < -0.39 is 0 Å². The average molecular weight is 460 g/mol. The van der Waals surface area contributed by atoms with Crippen molar-refractivity contribution < 1.29 is 19.1 Å². The van der Waals surface area contributed by atoms with Gasteiger partial charge in [-0.05, 0) is 55.5 Å². The van der Waals surface area contributed by atoms with Gasteiger partial charge in [-0.2, -0.15) is 0 Å². The van der Waals surface area contributed by atoms with E-state index in [1.807, 2.05) is 0 Å². The van der Waals surface area contributed by atoms with Gasteiger partial charge in [-0.25, -0.2) is 4.98 Å². The fraction of sp³-hybridized carbons (Fsp3) is 0.227. The third-order valence-corrected chi connectivity index (χ3v) is 5.58. The first-order valence-corrected chi connectivity index (χ1v) is 10.6. The lowest BCUT2D eigenvalue weighted by molar-refractivity contribution is -0.130. The zero-order valence-corrected chi connectivity index (χ0v) is 18.9. The average Bonchev–Trinajstić information content (AvgIpc) is 3.13. The Balaban J connectivity index is 1.56. The number of ether oxygens (including phenoxy) is 2. The molecule has 2 aromatic carbocycles. The second kappa shape index (κ2) is 10.3. The molecule has 3 aromatic rings. The number of carbonyl (C=O) groups is 2. The van der Waals surface area contributed by atoms with E-state index in [4.69, 9.17) is 21.1 Å². The molecule has 0 saturated heterocycles. The van der Waals surface area contributed by atoms with Crippen molar-refractivity contribution in [3.63, 3.8) is 0 Å². The van der Waals surface area contributed by atoms with Gasteiger partial charge in [0.15, 0.2) is 6.61 Å². The number of thiazole rings is 1. The van der Waals surface area contributed by atoms with Gasteiger partial charge in [-0.3, -0.25) is 9.59 Å². The lowest BCUT2D eigenvalue weighted by Gasteiger charge is -2.11. The molecule has 0 aliphatic rings. The van der Waals surface area contributed by atoms with Crippen LogP contribution < -0.4 is 14.8 Å². The number of carbonyl (C=O) groups excluding carboxylic acids is 2. The quantitative estimate of drug-likeness (QED) is 0.540. The number of anilines is 1. The van der Waals surface area contributed by atoms with E-state index in [1.54, 1.807) is 69.6 Å². The van der Waals surface area contributed by atoms with Gasteiger partial charge in [0, 0.05) is 24.8 Å². The van der Waals surface area contributed by atoms with Crippen molar-refractivity contribution in [1.29, 1.82) is 0 Å². The van der Waals surface area contributed by atoms with Crippen LogP contribution >= 0.6 is 22.9 Å². The third kappa shape index (κ3) is 6.44. The Bertz CT molecular complexity index is 1050. The molecule has 0 aliphatic heterocycles. The highest BCUT2D eigenvalue weighted by molar-refractivity contribution is 7.13. The van der Waals surface area contributed by atoms with Gasteiger partial charge in [0.05, 0.1) is 5.69 Å². The van der Waals surface area contributed by atoms with Gasteiger partial charge in [-0.15, -0.1) is 11.3 Å². The second-order valence-corrected chi connectivity index (χ2v) is 8.34. The molecule has 0 atom stereocenters. The Kier molecular flexibility index (Phi) is 7.49. The Morgan fingerprint density at radius 2 is 1.65 bits per heavy atom. The first kappa shape index (κ1) is 22.6. The van der Waals surface area contributed by atoms with Crippen LogP contribution in [0.4, 0.5) is 5.69 Å². The molecule has 9 heteroatoms. The van der Waals surface area contributed by atoms with Crippen LogP contribution in [0.1, 0.15) is 20.4 Å². The maximum atomic E-state index is 12.7. The molecule has 0 unspecified atom stereocenters. The number of likely N-dealkylation sites (N-methyl/N-ethyl adjacent to an activating group) is 1. The summed E-state index contributed by atoms with van der Waals surface area (Å²) in [6.07, 6.45) is 0. The number of hydrogen-bond donors (Lipinski definition) is 1. The van der Waals surface area contributed by atoms with E-state index in [-0.39, 0.29) is 25.0 Å². The van der Waals surface area contributed by atoms with Gasteiger partial charge in [-0.1, -0.05) is 11.6 Å². The van der Waals surface area contributed by atoms with Crippen LogP contribution in [0, 0.1) is 6.92 Å². The number of rotatable bonds is 8. The van der Waals surface area contributed by atoms with E-state index in [1.165, 1.54) is 16.2 Å². The first-order chi connectivity index (χ1) is 14.8. The maximum absolute atomic E-state index is 12.7. The van der Waals surface area contributed by atoms with Crippen LogP contribution in [0.3, 0.4) is 0 Å². The number of nitrogens with one attached hydrogen (secondary N) is 1. The summed E-state index contributed by atoms with van der Waals surface area (Å²) in [4.78, 5) is 30.6. The number of aromatic nitrogens is 1. The van der Waals surface area contributed by atoms with E-state index in [0.717, 1.165) is 0 Å². The molecule has 0 fully saturated rings.